The van der Waals surface area contributed by atoms with Crippen LogP contribution in [0.5, 0.6) is 0 Å². The molecule has 0 bridgehead atoms. The van der Waals surface area contributed by atoms with Gasteiger partial charge in [-0.05, 0) is 35.4 Å². The van der Waals surface area contributed by atoms with Crippen LogP contribution < -0.4 is 0 Å². The van der Waals surface area contributed by atoms with Crippen LogP contribution in [0.3, 0.4) is 0 Å². The topological polar surface area (TPSA) is 0 Å². The molecule has 0 fully saturated rings. The van der Waals surface area contributed by atoms with Gasteiger partial charge in [-0.15, -0.1) is 0 Å². The van der Waals surface area contributed by atoms with Gasteiger partial charge in [0, 0.05) is 0 Å². The molecule has 0 nitrogen and oxygen atoms in total. The molecule has 0 radical (unpaired) electrons. The quantitative estimate of drug-likeness (QED) is 0.712. The van der Waals surface area contributed by atoms with Crippen LogP contribution in [0.2, 0.25) is 0 Å². The Bertz CT molecular complexity index is 454. The Kier molecular flexibility index (Phi) is 3.98. The Morgan fingerprint density at radius 3 is 2.12 bits per heavy atom. The maximum atomic E-state index is 2.34. The van der Waals surface area contributed by atoms with E-state index in [4.69, 9.17) is 0 Å². The van der Waals surface area contributed by atoms with Crippen LogP contribution >= 0.6 is 0 Å². The van der Waals surface area contributed by atoms with Crippen molar-refractivity contribution in [2.24, 2.45) is 0 Å². The summed E-state index contributed by atoms with van der Waals surface area (Å²) in [5, 5.41) is 0. The number of benzene rings is 2. The van der Waals surface area contributed by atoms with E-state index in [0.717, 1.165) is 12.8 Å². The van der Waals surface area contributed by atoms with Crippen LogP contribution in [0.4, 0.5) is 0 Å². The summed E-state index contributed by atoms with van der Waals surface area (Å²) in [6, 6.07) is 19.7. The second-order valence-electron chi connectivity index (χ2n) is 4.89. The van der Waals surface area contributed by atoms with Gasteiger partial charge in [-0.1, -0.05) is 68.4 Å². The minimum atomic E-state index is 0.617. The van der Waals surface area contributed by atoms with E-state index in [1.165, 1.54) is 16.7 Å². The number of rotatable bonds is 4. The van der Waals surface area contributed by atoms with Gasteiger partial charge in [0.15, 0.2) is 0 Å². The molecule has 0 aromatic heterocycles. The van der Waals surface area contributed by atoms with Gasteiger partial charge in [-0.25, -0.2) is 0 Å². The van der Waals surface area contributed by atoms with Crippen molar-refractivity contribution >= 4 is 0 Å². The third-order valence-corrected chi connectivity index (χ3v) is 3.16. The van der Waals surface area contributed by atoms with Crippen LogP contribution in [0, 0.1) is 0 Å². The molecule has 0 atom stereocenters. The van der Waals surface area contributed by atoms with Crippen molar-refractivity contribution in [3.63, 3.8) is 0 Å². The fraction of sp³-hybridized carbons (Fsp3) is 0.294. The summed E-state index contributed by atoms with van der Waals surface area (Å²) in [6.07, 6.45) is 2.26. The largest absolute Gasteiger partial charge is 0.0622 e. The van der Waals surface area contributed by atoms with Gasteiger partial charge in [0.1, 0.15) is 0 Å². The Hall–Kier alpha value is -1.56. The first-order valence-corrected chi connectivity index (χ1v) is 6.38. The van der Waals surface area contributed by atoms with E-state index in [0.29, 0.717) is 5.92 Å². The highest BCUT2D eigenvalue weighted by Crippen LogP contribution is 2.16. The zero-order chi connectivity index (χ0) is 12.1. The molecule has 0 N–H and O–H groups in total. The summed E-state index contributed by atoms with van der Waals surface area (Å²) < 4.78 is 0. The third kappa shape index (κ3) is 3.45. The molecule has 0 unspecified atom stereocenters. The predicted molar refractivity (Wildman–Crippen MR) is 74.4 cm³/mol. The molecule has 0 saturated heterocycles. The highest BCUT2D eigenvalue weighted by molar-refractivity contribution is 5.27. The molecule has 2 rings (SSSR count). The molecule has 0 saturated carbocycles. The lowest BCUT2D eigenvalue weighted by Gasteiger charge is -2.08. The van der Waals surface area contributed by atoms with E-state index < -0.39 is 0 Å². The standard InChI is InChI=1S/C17H20/c1-14(2)17-10-6-9-16(13-17)12-11-15-7-4-3-5-8-15/h3-10,13-14H,11-12H2,1-2H3. The van der Waals surface area contributed by atoms with Gasteiger partial charge in [0.25, 0.3) is 0 Å². The van der Waals surface area contributed by atoms with Crippen molar-refractivity contribution in [2.75, 3.05) is 0 Å². The van der Waals surface area contributed by atoms with E-state index in [2.05, 4.69) is 68.4 Å². The van der Waals surface area contributed by atoms with E-state index in [9.17, 15) is 0 Å². The first kappa shape index (κ1) is 11.9. The Morgan fingerprint density at radius 2 is 1.41 bits per heavy atom. The monoisotopic (exact) mass is 224 g/mol. The fourth-order valence-corrected chi connectivity index (χ4v) is 2.04. The normalized spacial score (nSPS) is 10.8. The molecule has 0 aliphatic rings. The average molecular weight is 224 g/mol. The molecule has 2 aromatic carbocycles. The van der Waals surface area contributed by atoms with Crippen LogP contribution in [-0.2, 0) is 12.8 Å². The van der Waals surface area contributed by atoms with Crippen LogP contribution in [-0.4, -0.2) is 0 Å². The second-order valence-corrected chi connectivity index (χ2v) is 4.89. The van der Waals surface area contributed by atoms with Crippen molar-refractivity contribution in [3.8, 4) is 0 Å². The highest BCUT2D eigenvalue weighted by Gasteiger charge is 2.00. The smallest absolute Gasteiger partial charge is 0.0219 e. The molecule has 0 aliphatic heterocycles. The van der Waals surface area contributed by atoms with E-state index in [1.807, 2.05) is 0 Å². The lowest BCUT2D eigenvalue weighted by molar-refractivity contribution is 0.858. The van der Waals surface area contributed by atoms with Crippen LogP contribution in [0.15, 0.2) is 54.6 Å². The molecule has 0 spiro atoms. The van der Waals surface area contributed by atoms with Crippen molar-refractivity contribution in [1.82, 2.24) is 0 Å². The van der Waals surface area contributed by atoms with Gasteiger partial charge in [-0.3, -0.25) is 0 Å². The number of aryl methyl sites for hydroxylation is 2. The Balaban J connectivity index is 2.02. The van der Waals surface area contributed by atoms with Crippen LogP contribution in [0.25, 0.3) is 0 Å². The number of hydrogen-bond acceptors (Lipinski definition) is 0. The van der Waals surface area contributed by atoms with Gasteiger partial charge in [-0.2, -0.15) is 0 Å². The van der Waals surface area contributed by atoms with Crippen molar-refractivity contribution in [3.05, 3.63) is 71.3 Å². The molecule has 17 heavy (non-hydrogen) atoms. The maximum absolute atomic E-state index is 2.34. The van der Waals surface area contributed by atoms with Gasteiger partial charge in [0.2, 0.25) is 0 Å². The predicted octanol–water partition coefficient (Wildman–Crippen LogP) is 4.60. The van der Waals surface area contributed by atoms with E-state index in [-0.39, 0.29) is 0 Å². The molecule has 2 aromatic rings. The van der Waals surface area contributed by atoms with E-state index in [1.54, 1.807) is 0 Å². The van der Waals surface area contributed by atoms with E-state index >= 15 is 0 Å². The zero-order valence-corrected chi connectivity index (χ0v) is 10.7. The fourth-order valence-electron chi connectivity index (χ4n) is 2.04. The lowest BCUT2D eigenvalue weighted by atomic mass is 9.98. The lowest BCUT2D eigenvalue weighted by Crippen LogP contribution is -1.94. The molecule has 0 amide bonds. The third-order valence-electron chi connectivity index (χ3n) is 3.16. The van der Waals surface area contributed by atoms with Gasteiger partial charge >= 0.3 is 0 Å². The SMILES string of the molecule is CC(C)c1cccc(CCc2ccccc2)c1. The molecule has 88 valence electrons. The first-order chi connectivity index (χ1) is 8.25. The average Bonchev–Trinajstić information content (AvgIpc) is 2.38. The summed E-state index contributed by atoms with van der Waals surface area (Å²) in [4.78, 5) is 0. The Morgan fingerprint density at radius 1 is 0.765 bits per heavy atom. The summed E-state index contributed by atoms with van der Waals surface area (Å²) >= 11 is 0. The van der Waals surface area contributed by atoms with Crippen molar-refractivity contribution < 1.29 is 0 Å². The first-order valence-electron chi connectivity index (χ1n) is 6.38. The minimum Gasteiger partial charge on any atom is -0.0622 e. The van der Waals surface area contributed by atoms with Crippen LogP contribution in [0.1, 0.15) is 36.5 Å². The second kappa shape index (κ2) is 5.67. The van der Waals surface area contributed by atoms with Gasteiger partial charge < -0.3 is 0 Å². The molecular weight excluding hydrogens is 204 g/mol. The summed E-state index contributed by atoms with van der Waals surface area (Å²) in [7, 11) is 0. The van der Waals surface area contributed by atoms with Crippen molar-refractivity contribution in [1.29, 1.82) is 0 Å². The number of hydrogen-bond donors (Lipinski definition) is 0. The minimum absolute atomic E-state index is 0.617. The molecule has 0 heterocycles. The highest BCUT2D eigenvalue weighted by atomic mass is 14.1. The maximum Gasteiger partial charge on any atom is -0.0219 e. The molecule has 0 aliphatic carbocycles. The van der Waals surface area contributed by atoms with Crippen molar-refractivity contribution in [2.45, 2.75) is 32.6 Å². The zero-order valence-electron chi connectivity index (χ0n) is 10.7. The molecular formula is C17H20. The summed E-state index contributed by atoms with van der Waals surface area (Å²) in [6.45, 7) is 4.49. The Labute approximate surface area is 104 Å². The van der Waals surface area contributed by atoms with Gasteiger partial charge in [0.05, 0.1) is 0 Å². The molecule has 0 heteroatoms. The summed E-state index contributed by atoms with van der Waals surface area (Å²) in [5.74, 6) is 0.617. The summed E-state index contributed by atoms with van der Waals surface area (Å²) in [5.41, 5.74) is 4.30.